The van der Waals surface area contributed by atoms with Gasteiger partial charge in [0.05, 0.1) is 18.3 Å². The number of hydrogen-bond donors (Lipinski definition) is 3. The average molecular weight is 458 g/mol. The van der Waals surface area contributed by atoms with Gasteiger partial charge in [0.1, 0.15) is 17.7 Å². The van der Waals surface area contributed by atoms with Gasteiger partial charge in [0.25, 0.3) is 5.91 Å². The minimum atomic E-state index is -0.228. The first kappa shape index (κ1) is 23.4. The predicted octanol–water partition coefficient (Wildman–Crippen LogP) is 2.71. The molecule has 2 aliphatic rings. The Bertz CT molecular complexity index is 1080. The molecule has 4 rings (SSSR count). The molecule has 0 aliphatic carbocycles. The minimum absolute atomic E-state index is 0.134. The number of aliphatic imine (C=N–C) groups is 2. The van der Waals surface area contributed by atoms with E-state index in [2.05, 4.69) is 30.5 Å². The van der Waals surface area contributed by atoms with Crippen LogP contribution < -0.4 is 16.4 Å². The van der Waals surface area contributed by atoms with Gasteiger partial charge in [-0.05, 0) is 49.2 Å². The van der Waals surface area contributed by atoms with Crippen molar-refractivity contribution in [2.45, 2.75) is 37.9 Å². The first-order valence-electron chi connectivity index (χ1n) is 11.6. The van der Waals surface area contributed by atoms with E-state index in [0.29, 0.717) is 17.9 Å². The number of nitrogens with zero attached hydrogens (tertiary/aromatic N) is 4. The molecule has 3 heterocycles. The molecule has 176 valence electrons. The van der Waals surface area contributed by atoms with Crippen molar-refractivity contribution in [3.05, 3.63) is 84.0 Å². The Balaban J connectivity index is 1.42. The number of carbonyl (C=O) groups is 1. The molecule has 34 heavy (non-hydrogen) atoms. The third-order valence-electron chi connectivity index (χ3n) is 5.97. The van der Waals surface area contributed by atoms with Gasteiger partial charge in [-0.3, -0.25) is 14.8 Å². The molecule has 1 amide bonds. The van der Waals surface area contributed by atoms with E-state index >= 15 is 0 Å². The van der Waals surface area contributed by atoms with Crippen molar-refractivity contribution in [2.75, 3.05) is 13.6 Å². The van der Waals surface area contributed by atoms with Crippen LogP contribution in [-0.4, -0.2) is 53.1 Å². The predicted molar refractivity (Wildman–Crippen MR) is 136 cm³/mol. The van der Waals surface area contributed by atoms with Gasteiger partial charge in [-0.25, -0.2) is 4.99 Å². The van der Waals surface area contributed by atoms with Crippen LogP contribution in [-0.2, 0) is 6.54 Å². The number of amides is 1. The Morgan fingerprint density at radius 3 is 2.82 bits per heavy atom. The molecule has 2 atom stereocenters. The maximum absolute atomic E-state index is 12.5. The van der Waals surface area contributed by atoms with Crippen molar-refractivity contribution >= 4 is 23.7 Å². The molecule has 1 aromatic carbocycles. The average Bonchev–Trinajstić information content (AvgIpc) is 2.89. The van der Waals surface area contributed by atoms with Crippen molar-refractivity contribution in [3.63, 3.8) is 0 Å². The fourth-order valence-electron chi connectivity index (χ4n) is 4.16. The van der Waals surface area contributed by atoms with Gasteiger partial charge >= 0.3 is 0 Å². The van der Waals surface area contributed by atoms with Crippen molar-refractivity contribution in [3.8, 4) is 0 Å². The topological polar surface area (TPSA) is 108 Å². The van der Waals surface area contributed by atoms with Crippen LogP contribution in [0.25, 0.3) is 6.08 Å². The second-order valence-electron chi connectivity index (χ2n) is 8.27. The van der Waals surface area contributed by atoms with Crippen molar-refractivity contribution in [1.29, 1.82) is 0 Å². The Labute approximate surface area is 200 Å². The van der Waals surface area contributed by atoms with Gasteiger partial charge in [-0.2, -0.15) is 0 Å². The van der Waals surface area contributed by atoms with Crippen LogP contribution in [0.4, 0.5) is 0 Å². The number of aromatic nitrogens is 1. The maximum Gasteiger partial charge on any atom is 0.251 e. The highest BCUT2D eigenvalue weighted by Gasteiger charge is 2.29. The molecule has 8 heteroatoms. The fourth-order valence-corrected chi connectivity index (χ4v) is 4.16. The second-order valence-corrected chi connectivity index (χ2v) is 8.27. The summed E-state index contributed by atoms with van der Waals surface area (Å²) in [7, 11) is 1.82. The van der Waals surface area contributed by atoms with Crippen molar-refractivity contribution in [2.24, 2.45) is 15.7 Å². The Morgan fingerprint density at radius 2 is 2.12 bits per heavy atom. The van der Waals surface area contributed by atoms with Gasteiger partial charge in [-0.1, -0.05) is 36.8 Å². The van der Waals surface area contributed by atoms with Gasteiger partial charge < -0.3 is 21.3 Å². The van der Waals surface area contributed by atoms with E-state index < -0.39 is 0 Å². The van der Waals surface area contributed by atoms with Crippen LogP contribution in [0.3, 0.4) is 0 Å². The SMILES string of the molecule is C/N=C(/[C@@H]1CCCCN1)N1C=CN=C(N)C1/C=C/c1ccc(C(=O)NCc2ccccn2)cc1. The van der Waals surface area contributed by atoms with Crippen LogP contribution in [0, 0.1) is 0 Å². The number of hydrogen-bond acceptors (Lipinski definition) is 6. The lowest BCUT2D eigenvalue weighted by Crippen LogP contribution is -2.53. The number of nitrogens with one attached hydrogen (secondary N) is 2. The van der Waals surface area contributed by atoms with Crippen LogP contribution in [0.15, 0.2) is 77.1 Å². The molecule has 0 radical (unpaired) electrons. The Kier molecular flexibility index (Phi) is 7.83. The summed E-state index contributed by atoms with van der Waals surface area (Å²) in [5.74, 6) is 1.34. The third-order valence-corrected chi connectivity index (χ3v) is 5.97. The molecule has 2 aliphatic heterocycles. The monoisotopic (exact) mass is 457 g/mol. The standard InChI is InChI=1S/C26H31N7O/c1-28-25(22-7-3-5-15-30-22)33-17-16-31-24(27)23(33)13-10-19-8-11-20(12-9-19)26(34)32-18-21-6-2-4-14-29-21/h2,4,6,8-14,16-17,22-23,30H,3,5,7,15,18H2,1H3,(H2,27,31)(H,32,34)/b13-10+,28-25-/t22-,23?/m0/s1. The van der Waals surface area contributed by atoms with E-state index in [1.165, 1.54) is 12.8 Å². The molecule has 1 unspecified atom stereocenters. The summed E-state index contributed by atoms with van der Waals surface area (Å²) in [5, 5.41) is 6.46. The quantitative estimate of drug-likeness (QED) is 0.457. The largest absolute Gasteiger partial charge is 0.385 e. The third kappa shape index (κ3) is 5.77. The molecule has 0 spiro atoms. The minimum Gasteiger partial charge on any atom is -0.385 e. The number of nitrogens with two attached hydrogens (primary N) is 1. The maximum atomic E-state index is 12.5. The molecule has 1 aromatic heterocycles. The van der Waals surface area contributed by atoms with Gasteiger partial charge in [0.2, 0.25) is 0 Å². The number of rotatable bonds is 6. The van der Waals surface area contributed by atoms with Crippen molar-refractivity contribution in [1.82, 2.24) is 20.5 Å². The highest BCUT2D eigenvalue weighted by molar-refractivity contribution is 5.98. The van der Waals surface area contributed by atoms with Crippen LogP contribution in [0.2, 0.25) is 0 Å². The Hall–Kier alpha value is -3.78. The van der Waals surface area contributed by atoms with E-state index in [1.54, 1.807) is 12.4 Å². The highest BCUT2D eigenvalue weighted by Crippen LogP contribution is 2.18. The normalized spacial score (nSPS) is 20.9. The zero-order valence-corrected chi connectivity index (χ0v) is 19.4. The first-order valence-corrected chi connectivity index (χ1v) is 11.6. The molecule has 2 aromatic rings. The molecule has 8 nitrogen and oxygen atoms in total. The molecule has 0 saturated carbocycles. The summed E-state index contributed by atoms with van der Waals surface area (Å²) in [4.78, 5) is 27.7. The lowest BCUT2D eigenvalue weighted by atomic mass is 10.0. The number of amidine groups is 2. The molecular weight excluding hydrogens is 426 g/mol. The summed E-state index contributed by atoms with van der Waals surface area (Å²) in [6, 6.07) is 13.1. The summed E-state index contributed by atoms with van der Waals surface area (Å²) >= 11 is 0. The van der Waals surface area contributed by atoms with Gasteiger partial charge in [-0.15, -0.1) is 0 Å². The molecule has 1 saturated heterocycles. The highest BCUT2D eigenvalue weighted by atomic mass is 16.1. The molecular formula is C26H31N7O. The summed E-state index contributed by atoms with van der Waals surface area (Å²) in [6.45, 7) is 1.38. The van der Waals surface area contributed by atoms with E-state index in [4.69, 9.17) is 5.73 Å². The van der Waals surface area contributed by atoms with Gasteiger partial charge in [0.15, 0.2) is 0 Å². The zero-order valence-electron chi connectivity index (χ0n) is 19.4. The van der Waals surface area contributed by atoms with E-state index in [1.807, 2.05) is 67.9 Å². The first-order chi connectivity index (χ1) is 16.7. The summed E-state index contributed by atoms with van der Waals surface area (Å²) in [6.07, 6.45) is 12.8. The number of piperidine rings is 1. The summed E-state index contributed by atoms with van der Waals surface area (Å²) < 4.78 is 0. The number of pyridine rings is 1. The number of benzene rings is 1. The Morgan fingerprint density at radius 1 is 1.26 bits per heavy atom. The van der Waals surface area contributed by atoms with Gasteiger partial charge in [0, 0.05) is 31.2 Å². The lowest BCUT2D eigenvalue weighted by molar-refractivity contribution is 0.0950. The molecule has 0 bridgehead atoms. The summed E-state index contributed by atoms with van der Waals surface area (Å²) in [5.41, 5.74) is 8.66. The van der Waals surface area contributed by atoms with Crippen molar-refractivity contribution < 1.29 is 4.79 Å². The van der Waals surface area contributed by atoms with Crippen LogP contribution in [0.1, 0.15) is 40.9 Å². The van der Waals surface area contributed by atoms with E-state index in [0.717, 1.165) is 30.1 Å². The van der Waals surface area contributed by atoms with E-state index in [-0.39, 0.29) is 18.0 Å². The zero-order chi connectivity index (χ0) is 23.8. The lowest BCUT2D eigenvalue weighted by Gasteiger charge is -2.36. The molecule has 1 fully saturated rings. The van der Waals surface area contributed by atoms with Crippen LogP contribution in [0.5, 0.6) is 0 Å². The fraction of sp³-hybridized carbons (Fsp3) is 0.308. The molecule has 4 N–H and O–H groups in total. The van der Waals surface area contributed by atoms with Crippen LogP contribution >= 0.6 is 0 Å². The second kappa shape index (κ2) is 11.4. The number of carbonyl (C=O) groups excluding carboxylic acids is 1. The smallest absolute Gasteiger partial charge is 0.251 e. The van der Waals surface area contributed by atoms with E-state index in [9.17, 15) is 4.79 Å².